The molecule has 0 heterocycles. The summed E-state index contributed by atoms with van der Waals surface area (Å²) in [6, 6.07) is 34.0. The fourth-order valence-corrected chi connectivity index (χ4v) is 22.1. The van der Waals surface area contributed by atoms with Gasteiger partial charge >= 0.3 is 0 Å². The molecule has 0 saturated carbocycles. The van der Waals surface area contributed by atoms with Crippen molar-refractivity contribution in [3.63, 3.8) is 0 Å². The first-order valence-corrected chi connectivity index (χ1v) is 15.8. The molecule has 1 aliphatic rings. The first-order valence-electron chi connectivity index (χ1n) is 9.69. The summed E-state index contributed by atoms with van der Waals surface area (Å²) in [4.78, 5) is 0. The monoisotopic (exact) mass is 382 g/mol. The van der Waals surface area contributed by atoms with Crippen LogP contribution in [0.4, 0.5) is 0 Å². The molecule has 0 unspecified atom stereocenters. The molecule has 0 fully saturated rings. The van der Waals surface area contributed by atoms with E-state index in [9.17, 15) is 0 Å². The number of hydrogen-bond donors (Lipinski definition) is 0. The zero-order valence-electron chi connectivity index (χ0n) is 16.0. The lowest BCUT2D eigenvalue weighted by atomic mass is 10.3. The first kappa shape index (κ1) is 18.0. The molecule has 0 aliphatic heterocycles. The lowest BCUT2D eigenvalue weighted by Gasteiger charge is -2.47. The van der Waals surface area contributed by atoms with Crippen molar-refractivity contribution in [1.29, 1.82) is 0 Å². The summed E-state index contributed by atoms with van der Waals surface area (Å²) in [6.07, 6.45) is 9.34. The highest BCUT2D eigenvalue weighted by Gasteiger charge is 2.55. The van der Waals surface area contributed by atoms with E-state index in [1.54, 1.807) is 0 Å². The molecular formula is C25H26Si2. The van der Waals surface area contributed by atoms with E-state index < -0.39 is 15.2 Å². The Morgan fingerprint density at radius 3 is 1.19 bits per heavy atom. The van der Waals surface area contributed by atoms with Crippen molar-refractivity contribution < 1.29 is 0 Å². The van der Waals surface area contributed by atoms with Crippen LogP contribution < -0.4 is 15.6 Å². The fourth-order valence-electron chi connectivity index (χ4n) is 4.84. The number of benzene rings is 3. The van der Waals surface area contributed by atoms with Gasteiger partial charge in [0.2, 0.25) is 0 Å². The van der Waals surface area contributed by atoms with Crippen molar-refractivity contribution in [3.05, 3.63) is 115 Å². The van der Waals surface area contributed by atoms with Crippen molar-refractivity contribution in [2.24, 2.45) is 0 Å². The van der Waals surface area contributed by atoms with Gasteiger partial charge in [0.25, 0.3) is 0 Å². The molecule has 0 amide bonds. The molecule has 0 N–H and O–H groups in total. The highest BCUT2D eigenvalue weighted by atomic mass is 29.3. The van der Waals surface area contributed by atoms with Gasteiger partial charge in [-0.2, -0.15) is 0 Å². The molecular weight excluding hydrogens is 356 g/mol. The Labute approximate surface area is 164 Å². The van der Waals surface area contributed by atoms with E-state index in [0.29, 0.717) is 5.54 Å². The van der Waals surface area contributed by atoms with Gasteiger partial charge in [-0.25, -0.2) is 0 Å². The van der Waals surface area contributed by atoms with Crippen LogP contribution in [-0.4, -0.2) is 15.2 Å². The van der Waals surface area contributed by atoms with Gasteiger partial charge in [0.15, 0.2) is 0 Å². The molecule has 3 aromatic carbocycles. The summed E-state index contributed by atoms with van der Waals surface area (Å²) in [7, 11) is -3.99. The summed E-state index contributed by atoms with van der Waals surface area (Å²) in [5, 5.41) is 4.60. The van der Waals surface area contributed by atoms with E-state index >= 15 is 0 Å². The van der Waals surface area contributed by atoms with Crippen molar-refractivity contribution >= 4 is 30.7 Å². The zero-order chi connectivity index (χ0) is 18.7. The molecule has 0 saturated heterocycles. The van der Waals surface area contributed by atoms with Gasteiger partial charge in [-0.05, 0) is 5.54 Å². The van der Waals surface area contributed by atoms with Crippen LogP contribution in [0.15, 0.2) is 115 Å². The Hall–Kier alpha value is -2.43. The molecule has 2 heteroatoms. The molecule has 1 aliphatic carbocycles. The molecule has 3 aromatic rings. The zero-order valence-corrected chi connectivity index (χ0v) is 18.0. The van der Waals surface area contributed by atoms with Crippen LogP contribution in [0.1, 0.15) is 0 Å². The van der Waals surface area contributed by atoms with Gasteiger partial charge in [0.05, 0.1) is 7.59 Å². The van der Waals surface area contributed by atoms with Crippen LogP contribution in [0, 0.1) is 0 Å². The highest BCUT2D eigenvalue weighted by Crippen LogP contribution is 2.35. The standard InChI is InChI=1S/C25H26Si2/c1-26(2,22-14-12-13-15-22)27(23-16-6-3-7-17-23,24-18-8-4-9-19-24)25-20-10-5-11-21-25/h3-22H,1-2H3. The molecule has 4 rings (SSSR count). The summed E-state index contributed by atoms with van der Waals surface area (Å²) < 4.78 is 0. The average Bonchev–Trinajstić information content (AvgIpc) is 3.27. The van der Waals surface area contributed by atoms with Crippen LogP contribution in [-0.2, 0) is 0 Å². The second-order valence-electron chi connectivity index (χ2n) is 7.87. The van der Waals surface area contributed by atoms with Crippen LogP contribution in [0.3, 0.4) is 0 Å². The minimum absolute atomic E-state index is 0.560. The van der Waals surface area contributed by atoms with Gasteiger partial charge in [0, 0.05) is 0 Å². The van der Waals surface area contributed by atoms with Crippen molar-refractivity contribution in [3.8, 4) is 0 Å². The molecule has 0 bridgehead atoms. The van der Waals surface area contributed by atoms with Crippen LogP contribution >= 0.6 is 0 Å². The predicted octanol–water partition coefficient (Wildman–Crippen LogP) is 4.44. The maximum absolute atomic E-state index is 2.61. The Bertz CT molecular complexity index is 833. The largest absolute Gasteiger partial charge is 0.140 e. The fraction of sp³-hybridized carbons (Fsp3) is 0.120. The number of allylic oxidation sites excluding steroid dienone is 4. The van der Waals surface area contributed by atoms with E-state index in [0.717, 1.165) is 0 Å². The minimum Gasteiger partial charge on any atom is -0.0806 e. The molecule has 0 atom stereocenters. The third-order valence-corrected chi connectivity index (χ3v) is 23.1. The normalized spacial score (nSPS) is 14.6. The summed E-state index contributed by atoms with van der Waals surface area (Å²) >= 11 is 0. The topological polar surface area (TPSA) is 0 Å². The second-order valence-corrected chi connectivity index (χ2v) is 21.3. The first-order chi connectivity index (χ1) is 13.2. The lowest BCUT2D eigenvalue weighted by molar-refractivity contribution is 1.33. The van der Waals surface area contributed by atoms with E-state index in [-0.39, 0.29) is 0 Å². The van der Waals surface area contributed by atoms with Crippen LogP contribution in [0.5, 0.6) is 0 Å². The Morgan fingerprint density at radius 1 is 0.519 bits per heavy atom. The van der Waals surface area contributed by atoms with Crippen molar-refractivity contribution in [2.45, 2.75) is 18.6 Å². The quantitative estimate of drug-likeness (QED) is 0.452. The van der Waals surface area contributed by atoms with Crippen LogP contribution in [0.2, 0.25) is 18.6 Å². The van der Waals surface area contributed by atoms with Gasteiger partial charge in [-0.15, -0.1) is 0 Å². The van der Waals surface area contributed by atoms with E-state index in [1.165, 1.54) is 15.6 Å². The SMILES string of the molecule is C[Si](C)(C1C=CC=C1)[Si](c1ccccc1)(c1ccccc1)c1ccccc1. The van der Waals surface area contributed by atoms with E-state index in [4.69, 9.17) is 0 Å². The number of rotatable bonds is 5. The van der Waals surface area contributed by atoms with E-state index in [2.05, 4.69) is 128 Å². The van der Waals surface area contributed by atoms with Crippen molar-refractivity contribution in [1.82, 2.24) is 0 Å². The molecule has 0 aromatic heterocycles. The van der Waals surface area contributed by atoms with E-state index in [1.807, 2.05) is 0 Å². The third-order valence-electron chi connectivity index (χ3n) is 6.17. The Morgan fingerprint density at radius 2 is 0.852 bits per heavy atom. The highest BCUT2D eigenvalue weighted by molar-refractivity contribution is 7.56. The third kappa shape index (κ3) is 2.89. The molecule has 0 nitrogen and oxygen atoms in total. The van der Waals surface area contributed by atoms with Crippen molar-refractivity contribution in [2.75, 3.05) is 0 Å². The smallest absolute Gasteiger partial charge is 0.0806 e. The maximum Gasteiger partial charge on any atom is 0.140 e. The van der Waals surface area contributed by atoms with Crippen LogP contribution in [0.25, 0.3) is 0 Å². The summed E-state index contributed by atoms with van der Waals surface area (Å²) in [5.41, 5.74) is 0.560. The second kappa shape index (κ2) is 7.30. The number of hydrogen-bond acceptors (Lipinski definition) is 0. The molecule has 27 heavy (non-hydrogen) atoms. The van der Waals surface area contributed by atoms with Gasteiger partial charge in [-0.1, -0.05) is 144 Å². The Kier molecular flexibility index (Phi) is 4.85. The maximum atomic E-state index is 2.61. The summed E-state index contributed by atoms with van der Waals surface area (Å²) in [6.45, 7) is 5.22. The lowest BCUT2D eigenvalue weighted by Crippen LogP contribution is -2.81. The minimum atomic E-state index is -2.18. The van der Waals surface area contributed by atoms with Gasteiger partial charge < -0.3 is 0 Å². The molecule has 134 valence electrons. The molecule has 0 spiro atoms. The molecule has 0 radical (unpaired) electrons. The predicted molar refractivity (Wildman–Crippen MR) is 123 cm³/mol. The average molecular weight is 383 g/mol. The summed E-state index contributed by atoms with van der Waals surface area (Å²) in [5.74, 6) is 0. The van der Waals surface area contributed by atoms with Gasteiger partial charge in [0.1, 0.15) is 7.59 Å². The Balaban J connectivity index is 2.10. The van der Waals surface area contributed by atoms with Gasteiger partial charge in [-0.3, -0.25) is 0 Å².